The molecule has 0 atom stereocenters. The van der Waals surface area contributed by atoms with E-state index in [9.17, 15) is 16.8 Å². The molecule has 0 amide bonds. The summed E-state index contributed by atoms with van der Waals surface area (Å²) in [5.74, 6) is 0.710. The number of benzene rings is 2. The van der Waals surface area contributed by atoms with Crippen molar-refractivity contribution >= 4 is 42.1 Å². The number of hydrogen-bond donors (Lipinski definition) is 1. The zero-order valence-corrected chi connectivity index (χ0v) is 19.7. The highest BCUT2D eigenvalue weighted by Gasteiger charge is 2.28. The molecule has 2 heterocycles. The molecule has 32 heavy (non-hydrogen) atoms. The molecule has 0 saturated carbocycles. The molecule has 4 rings (SSSR count). The van der Waals surface area contributed by atoms with Crippen molar-refractivity contribution in [2.75, 3.05) is 41.0 Å². The molecule has 2 aromatic carbocycles. The van der Waals surface area contributed by atoms with Gasteiger partial charge in [-0.05, 0) is 37.6 Å². The van der Waals surface area contributed by atoms with Gasteiger partial charge in [-0.1, -0.05) is 12.1 Å². The van der Waals surface area contributed by atoms with E-state index in [1.807, 2.05) is 43.3 Å². The van der Waals surface area contributed by atoms with Crippen LogP contribution < -0.4 is 14.8 Å². The van der Waals surface area contributed by atoms with Gasteiger partial charge in [0, 0.05) is 36.4 Å². The van der Waals surface area contributed by atoms with Gasteiger partial charge in [-0.15, -0.1) is 0 Å². The molecule has 0 spiro atoms. The number of nitrogens with two attached hydrogens (primary N) is 1. The first kappa shape index (κ1) is 22.5. The van der Waals surface area contributed by atoms with Crippen molar-refractivity contribution in [1.29, 1.82) is 0 Å². The SMILES string of the molecule is CCn1c(-c2ccc(N3CCCS3(=O)=O)cc2)c(N)c2ccc(OCCS(C)(=O)=O)cc21. The fourth-order valence-corrected chi connectivity index (χ4v) is 6.06. The molecule has 0 aliphatic carbocycles. The lowest BCUT2D eigenvalue weighted by Gasteiger charge is -2.17. The molecule has 0 radical (unpaired) electrons. The Hall–Kier alpha value is -2.72. The number of ether oxygens (including phenoxy) is 1. The van der Waals surface area contributed by atoms with Crippen LogP contribution in [0.4, 0.5) is 11.4 Å². The van der Waals surface area contributed by atoms with Gasteiger partial charge in [-0.25, -0.2) is 16.8 Å². The van der Waals surface area contributed by atoms with Crippen molar-refractivity contribution in [3.05, 3.63) is 42.5 Å². The first-order valence-electron chi connectivity index (χ1n) is 10.4. The van der Waals surface area contributed by atoms with E-state index in [4.69, 9.17) is 10.5 Å². The predicted molar refractivity (Wildman–Crippen MR) is 128 cm³/mol. The van der Waals surface area contributed by atoms with Crippen LogP contribution in [-0.4, -0.2) is 52.3 Å². The van der Waals surface area contributed by atoms with Crippen molar-refractivity contribution in [3.63, 3.8) is 0 Å². The average Bonchev–Trinajstić information content (AvgIpc) is 3.23. The molecule has 172 valence electrons. The third kappa shape index (κ3) is 4.29. The number of aromatic nitrogens is 1. The van der Waals surface area contributed by atoms with Crippen LogP contribution >= 0.6 is 0 Å². The Balaban J connectivity index is 1.68. The van der Waals surface area contributed by atoms with E-state index >= 15 is 0 Å². The number of sulfone groups is 1. The van der Waals surface area contributed by atoms with Crippen LogP contribution in [0.3, 0.4) is 0 Å². The van der Waals surface area contributed by atoms with Crippen LogP contribution in [-0.2, 0) is 26.4 Å². The molecule has 1 aliphatic heterocycles. The largest absolute Gasteiger partial charge is 0.492 e. The lowest BCUT2D eigenvalue weighted by Crippen LogP contribution is -2.24. The second-order valence-electron chi connectivity index (χ2n) is 7.95. The van der Waals surface area contributed by atoms with Crippen LogP contribution in [0.25, 0.3) is 22.2 Å². The Morgan fingerprint density at radius 2 is 1.84 bits per heavy atom. The molecule has 10 heteroatoms. The van der Waals surface area contributed by atoms with Crippen molar-refractivity contribution in [3.8, 4) is 17.0 Å². The van der Waals surface area contributed by atoms with E-state index in [-0.39, 0.29) is 18.1 Å². The molecule has 1 saturated heterocycles. The summed E-state index contributed by atoms with van der Waals surface area (Å²) < 4.78 is 56.3. The maximum absolute atomic E-state index is 12.2. The minimum Gasteiger partial charge on any atom is -0.492 e. The van der Waals surface area contributed by atoms with Crippen LogP contribution in [0.5, 0.6) is 5.75 Å². The van der Waals surface area contributed by atoms with Gasteiger partial charge < -0.3 is 15.0 Å². The molecule has 2 N–H and O–H groups in total. The minimum absolute atomic E-state index is 0.0493. The fraction of sp³-hybridized carbons (Fsp3) is 0.364. The first-order valence-corrected chi connectivity index (χ1v) is 14.1. The number of nitrogen functional groups attached to an aromatic ring is 1. The van der Waals surface area contributed by atoms with Gasteiger partial charge >= 0.3 is 0 Å². The molecular formula is C22H27N3O5S2. The second-order valence-corrected chi connectivity index (χ2v) is 12.2. The Labute approximate surface area is 188 Å². The van der Waals surface area contributed by atoms with Crippen LogP contribution in [0.1, 0.15) is 13.3 Å². The van der Waals surface area contributed by atoms with Gasteiger partial charge in [0.15, 0.2) is 9.84 Å². The number of sulfonamides is 1. The van der Waals surface area contributed by atoms with Crippen molar-refractivity contribution in [2.24, 2.45) is 0 Å². The molecule has 1 aromatic heterocycles. The summed E-state index contributed by atoms with van der Waals surface area (Å²) >= 11 is 0. The molecule has 0 unspecified atom stereocenters. The van der Waals surface area contributed by atoms with Crippen molar-refractivity contribution < 1.29 is 21.6 Å². The van der Waals surface area contributed by atoms with Gasteiger partial charge in [-0.2, -0.15) is 0 Å². The van der Waals surface area contributed by atoms with Gasteiger partial charge in [0.05, 0.1) is 34.1 Å². The first-order chi connectivity index (χ1) is 15.1. The van der Waals surface area contributed by atoms with E-state index in [0.29, 0.717) is 36.6 Å². The zero-order chi connectivity index (χ0) is 23.1. The summed E-state index contributed by atoms with van der Waals surface area (Å²) in [5.41, 5.74) is 10.4. The van der Waals surface area contributed by atoms with E-state index in [0.717, 1.165) is 22.2 Å². The van der Waals surface area contributed by atoms with Crippen LogP contribution in [0, 0.1) is 0 Å². The Kier molecular flexibility index (Phi) is 5.85. The molecule has 1 fully saturated rings. The van der Waals surface area contributed by atoms with Crippen molar-refractivity contribution in [1.82, 2.24) is 4.57 Å². The Morgan fingerprint density at radius 3 is 2.44 bits per heavy atom. The van der Waals surface area contributed by atoms with E-state index in [1.54, 1.807) is 6.07 Å². The van der Waals surface area contributed by atoms with E-state index in [1.165, 1.54) is 10.6 Å². The normalized spacial score (nSPS) is 16.0. The monoisotopic (exact) mass is 477 g/mol. The molecule has 3 aromatic rings. The number of aryl methyl sites for hydroxylation is 1. The van der Waals surface area contributed by atoms with Crippen LogP contribution in [0.15, 0.2) is 42.5 Å². The van der Waals surface area contributed by atoms with E-state index < -0.39 is 19.9 Å². The lowest BCUT2D eigenvalue weighted by molar-refractivity contribution is 0.341. The highest BCUT2D eigenvalue weighted by molar-refractivity contribution is 7.93. The standard InChI is InChI=1S/C22H27N3O5S2/c1-3-24-20-15-18(30-12-14-31(2,26)27)9-10-19(20)21(23)22(24)16-5-7-17(8-6-16)25-11-4-13-32(25,28)29/h5-10,15H,3-4,11-14,23H2,1-2H3. The van der Waals surface area contributed by atoms with E-state index in [2.05, 4.69) is 4.57 Å². The lowest BCUT2D eigenvalue weighted by atomic mass is 10.1. The zero-order valence-electron chi connectivity index (χ0n) is 18.1. The summed E-state index contributed by atoms with van der Waals surface area (Å²) in [6.07, 6.45) is 1.81. The molecular weight excluding hydrogens is 450 g/mol. The summed E-state index contributed by atoms with van der Waals surface area (Å²) in [7, 11) is -6.33. The van der Waals surface area contributed by atoms with Gasteiger partial charge in [0.25, 0.3) is 0 Å². The van der Waals surface area contributed by atoms with Crippen molar-refractivity contribution in [2.45, 2.75) is 19.9 Å². The molecule has 8 nitrogen and oxygen atoms in total. The summed E-state index contributed by atoms with van der Waals surface area (Å²) in [6, 6.07) is 12.9. The Bertz CT molecular complexity index is 1360. The number of fused-ring (bicyclic) bond motifs is 1. The van der Waals surface area contributed by atoms with Gasteiger partial charge in [-0.3, -0.25) is 4.31 Å². The second kappa shape index (κ2) is 8.32. The topological polar surface area (TPSA) is 112 Å². The smallest absolute Gasteiger partial charge is 0.235 e. The average molecular weight is 478 g/mol. The quantitative estimate of drug-likeness (QED) is 0.560. The van der Waals surface area contributed by atoms with Crippen LogP contribution in [0.2, 0.25) is 0 Å². The fourth-order valence-electron chi connectivity index (χ4n) is 4.11. The number of nitrogens with zero attached hydrogens (tertiary/aromatic N) is 2. The third-order valence-electron chi connectivity index (χ3n) is 5.64. The predicted octanol–water partition coefficient (Wildman–Crippen LogP) is 2.87. The summed E-state index contributed by atoms with van der Waals surface area (Å²) in [5, 5.41) is 0.878. The third-order valence-corrected chi connectivity index (χ3v) is 8.42. The number of anilines is 2. The molecule has 0 bridgehead atoms. The van der Waals surface area contributed by atoms with Gasteiger partial charge in [0.2, 0.25) is 10.0 Å². The number of rotatable bonds is 7. The summed E-state index contributed by atoms with van der Waals surface area (Å²) in [4.78, 5) is 0. The highest BCUT2D eigenvalue weighted by atomic mass is 32.2. The maximum atomic E-state index is 12.2. The highest BCUT2D eigenvalue weighted by Crippen LogP contribution is 2.38. The van der Waals surface area contributed by atoms with Gasteiger partial charge in [0.1, 0.15) is 12.4 Å². The summed E-state index contributed by atoms with van der Waals surface area (Å²) in [6.45, 7) is 3.27. The Morgan fingerprint density at radius 1 is 1.12 bits per heavy atom. The molecule has 1 aliphatic rings. The maximum Gasteiger partial charge on any atom is 0.235 e. The number of hydrogen-bond acceptors (Lipinski definition) is 6. The minimum atomic E-state index is -3.23.